The Labute approximate surface area is 169 Å². The zero-order valence-electron chi connectivity index (χ0n) is 15.4. The van der Waals surface area contributed by atoms with E-state index < -0.39 is 15.8 Å². The molecule has 0 unspecified atom stereocenters. The Bertz CT molecular complexity index is 1080. The second kappa shape index (κ2) is 9.66. The summed E-state index contributed by atoms with van der Waals surface area (Å²) < 4.78 is 42.7. The Morgan fingerprint density at radius 1 is 0.897 bits per heavy atom. The number of benzene rings is 3. The van der Waals surface area contributed by atoms with Crippen LogP contribution in [0.15, 0.2) is 94.9 Å². The summed E-state index contributed by atoms with van der Waals surface area (Å²) in [4.78, 5) is 2.03. The number of hydrazone groups is 1. The third-order valence-corrected chi connectivity index (χ3v) is 5.09. The summed E-state index contributed by atoms with van der Waals surface area (Å²) in [5, 5.41) is 3.74. The van der Waals surface area contributed by atoms with E-state index in [9.17, 15) is 12.8 Å². The van der Waals surface area contributed by atoms with Gasteiger partial charge in [0.25, 0.3) is 10.0 Å². The van der Waals surface area contributed by atoms with E-state index in [1.54, 1.807) is 24.3 Å². The lowest BCUT2D eigenvalue weighted by Gasteiger charge is -2.04. The lowest BCUT2D eigenvalue weighted by Crippen LogP contribution is -2.18. The SMILES string of the molecule is O=S(=O)(N/N=C\c1ccc(OC/C=C/c2ccccc2)cc1)c1ccc(F)cc1. The van der Waals surface area contributed by atoms with Crippen LogP contribution in [-0.2, 0) is 10.0 Å². The fraction of sp³-hybridized carbons (Fsp3) is 0.0455. The lowest BCUT2D eigenvalue weighted by atomic mass is 10.2. The molecule has 0 aromatic heterocycles. The number of halogens is 1. The molecule has 0 radical (unpaired) electrons. The van der Waals surface area contributed by atoms with Crippen LogP contribution in [-0.4, -0.2) is 21.2 Å². The molecule has 0 spiro atoms. The number of nitrogens with zero attached hydrogens (tertiary/aromatic N) is 1. The first-order valence-electron chi connectivity index (χ1n) is 8.78. The highest BCUT2D eigenvalue weighted by Crippen LogP contribution is 2.12. The molecule has 3 aromatic carbocycles. The van der Waals surface area contributed by atoms with Crippen molar-refractivity contribution in [2.75, 3.05) is 6.61 Å². The van der Waals surface area contributed by atoms with Gasteiger partial charge in [0.2, 0.25) is 0 Å². The molecule has 0 atom stereocenters. The van der Waals surface area contributed by atoms with E-state index >= 15 is 0 Å². The Balaban J connectivity index is 1.51. The number of nitrogens with one attached hydrogen (secondary N) is 1. The molecule has 29 heavy (non-hydrogen) atoms. The van der Waals surface area contributed by atoms with Crippen LogP contribution in [0, 0.1) is 5.82 Å². The molecule has 0 bridgehead atoms. The lowest BCUT2D eigenvalue weighted by molar-refractivity contribution is 0.363. The number of hydrogen-bond donors (Lipinski definition) is 1. The minimum atomic E-state index is -3.84. The maximum Gasteiger partial charge on any atom is 0.276 e. The Morgan fingerprint density at radius 2 is 1.59 bits per heavy atom. The molecule has 1 N–H and O–H groups in total. The van der Waals surface area contributed by atoms with Crippen molar-refractivity contribution in [3.8, 4) is 5.75 Å². The van der Waals surface area contributed by atoms with Crippen LogP contribution >= 0.6 is 0 Å². The minimum absolute atomic E-state index is 0.0663. The minimum Gasteiger partial charge on any atom is -0.490 e. The number of sulfonamides is 1. The molecule has 0 aliphatic carbocycles. The van der Waals surface area contributed by atoms with E-state index in [0.717, 1.165) is 17.7 Å². The predicted octanol–water partition coefficient (Wildman–Crippen LogP) is 4.23. The Kier molecular flexibility index (Phi) is 6.76. The second-order valence-electron chi connectivity index (χ2n) is 6.00. The summed E-state index contributed by atoms with van der Waals surface area (Å²) >= 11 is 0. The molecule has 3 rings (SSSR count). The zero-order chi connectivity index (χ0) is 20.5. The van der Waals surface area contributed by atoms with Crippen LogP contribution in [0.3, 0.4) is 0 Å². The zero-order valence-corrected chi connectivity index (χ0v) is 16.2. The van der Waals surface area contributed by atoms with Gasteiger partial charge < -0.3 is 4.74 Å². The number of ether oxygens (including phenoxy) is 1. The van der Waals surface area contributed by atoms with Gasteiger partial charge in [0, 0.05) is 0 Å². The van der Waals surface area contributed by atoms with Gasteiger partial charge in [0.15, 0.2) is 0 Å². The summed E-state index contributed by atoms with van der Waals surface area (Å²) in [5.41, 5.74) is 1.80. The van der Waals surface area contributed by atoms with Crippen molar-refractivity contribution in [3.05, 3.63) is 102 Å². The van der Waals surface area contributed by atoms with Gasteiger partial charge in [-0.2, -0.15) is 13.5 Å². The van der Waals surface area contributed by atoms with E-state index in [-0.39, 0.29) is 4.90 Å². The summed E-state index contributed by atoms with van der Waals surface area (Å²) in [6, 6.07) is 21.5. The largest absolute Gasteiger partial charge is 0.490 e. The third-order valence-electron chi connectivity index (χ3n) is 3.85. The molecule has 0 aliphatic rings. The molecular weight excluding hydrogens is 391 g/mol. The van der Waals surface area contributed by atoms with Crippen LogP contribution < -0.4 is 9.57 Å². The van der Waals surface area contributed by atoms with E-state index in [1.807, 2.05) is 42.5 Å². The van der Waals surface area contributed by atoms with Crippen molar-refractivity contribution in [1.82, 2.24) is 4.83 Å². The molecule has 148 valence electrons. The highest BCUT2D eigenvalue weighted by Gasteiger charge is 2.12. The molecule has 0 fully saturated rings. The van der Waals surface area contributed by atoms with Crippen molar-refractivity contribution >= 4 is 22.3 Å². The van der Waals surface area contributed by atoms with E-state index in [4.69, 9.17) is 4.74 Å². The fourth-order valence-electron chi connectivity index (χ4n) is 2.38. The van der Waals surface area contributed by atoms with Gasteiger partial charge in [0.1, 0.15) is 18.2 Å². The molecule has 7 heteroatoms. The van der Waals surface area contributed by atoms with Gasteiger partial charge in [-0.1, -0.05) is 36.4 Å². The average Bonchev–Trinajstić information content (AvgIpc) is 2.73. The summed E-state index contributed by atoms with van der Waals surface area (Å²) in [6.07, 6.45) is 5.28. The summed E-state index contributed by atoms with van der Waals surface area (Å²) in [7, 11) is -3.84. The van der Waals surface area contributed by atoms with Gasteiger partial charge in [-0.25, -0.2) is 9.22 Å². The third kappa shape index (κ3) is 6.29. The fourth-order valence-corrected chi connectivity index (χ4v) is 3.17. The van der Waals surface area contributed by atoms with E-state index in [0.29, 0.717) is 17.9 Å². The van der Waals surface area contributed by atoms with Crippen LogP contribution in [0.1, 0.15) is 11.1 Å². The standard InChI is InChI=1S/C22H19FN2O3S/c23-20-10-14-22(15-11-20)29(26,27)25-24-17-19-8-12-21(13-9-19)28-16-4-7-18-5-2-1-3-6-18/h1-15,17,25H,16H2/b7-4+,24-17-. The van der Waals surface area contributed by atoms with Crippen LogP contribution in [0.2, 0.25) is 0 Å². The van der Waals surface area contributed by atoms with Crippen LogP contribution in [0.5, 0.6) is 5.75 Å². The first-order valence-corrected chi connectivity index (χ1v) is 10.3. The summed E-state index contributed by atoms with van der Waals surface area (Å²) in [5.74, 6) is 0.178. The van der Waals surface area contributed by atoms with Gasteiger partial charge in [-0.15, -0.1) is 0 Å². The van der Waals surface area contributed by atoms with Crippen LogP contribution in [0.4, 0.5) is 4.39 Å². The first-order chi connectivity index (χ1) is 14.0. The van der Waals surface area contributed by atoms with Crippen molar-refractivity contribution in [2.24, 2.45) is 5.10 Å². The Morgan fingerprint density at radius 3 is 2.28 bits per heavy atom. The van der Waals surface area contributed by atoms with Gasteiger partial charge in [-0.05, 0) is 65.7 Å². The number of hydrogen-bond acceptors (Lipinski definition) is 4. The number of rotatable bonds is 8. The second-order valence-corrected chi connectivity index (χ2v) is 7.66. The van der Waals surface area contributed by atoms with Gasteiger partial charge >= 0.3 is 0 Å². The van der Waals surface area contributed by atoms with Crippen LogP contribution in [0.25, 0.3) is 6.08 Å². The Hall–Kier alpha value is -3.45. The molecule has 5 nitrogen and oxygen atoms in total. The van der Waals surface area contributed by atoms with Crippen molar-refractivity contribution < 1.29 is 17.5 Å². The quantitative estimate of drug-likeness (QED) is 0.446. The van der Waals surface area contributed by atoms with Gasteiger partial charge in [-0.3, -0.25) is 0 Å². The average molecular weight is 410 g/mol. The topological polar surface area (TPSA) is 67.8 Å². The molecular formula is C22H19FN2O3S. The molecule has 0 saturated heterocycles. The monoisotopic (exact) mass is 410 g/mol. The maximum atomic E-state index is 12.9. The first kappa shape index (κ1) is 20.3. The molecule has 3 aromatic rings. The predicted molar refractivity (Wildman–Crippen MR) is 112 cm³/mol. The highest BCUT2D eigenvalue weighted by atomic mass is 32.2. The van der Waals surface area contributed by atoms with E-state index in [2.05, 4.69) is 9.93 Å². The molecule has 0 saturated carbocycles. The summed E-state index contributed by atoms with van der Waals surface area (Å²) in [6.45, 7) is 0.430. The molecule has 0 heterocycles. The van der Waals surface area contributed by atoms with Crippen molar-refractivity contribution in [1.29, 1.82) is 0 Å². The maximum absolute atomic E-state index is 12.9. The highest BCUT2D eigenvalue weighted by molar-refractivity contribution is 7.89. The smallest absolute Gasteiger partial charge is 0.276 e. The van der Waals surface area contributed by atoms with Crippen molar-refractivity contribution in [2.45, 2.75) is 4.90 Å². The molecule has 0 amide bonds. The normalized spacial score (nSPS) is 11.8. The van der Waals surface area contributed by atoms with Gasteiger partial charge in [0.05, 0.1) is 11.1 Å². The molecule has 0 aliphatic heterocycles. The van der Waals surface area contributed by atoms with E-state index in [1.165, 1.54) is 18.3 Å². The van der Waals surface area contributed by atoms with Crippen molar-refractivity contribution in [3.63, 3.8) is 0 Å².